The van der Waals surface area contributed by atoms with Gasteiger partial charge in [0.2, 0.25) is 0 Å². The van der Waals surface area contributed by atoms with Crippen LogP contribution in [0.3, 0.4) is 0 Å². The highest BCUT2D eigenvalue weighted by atomic mass is 32.1. The van der Waals surface area contributed by atoms with E-state index in [0.717, 1.165) is 16.0 Å². The quantitative estimate of drug-likeness (QED) is 0.277. The number of nitro groups is 1. The van der Waals surface area contributed by atoms with Crippen LogP contribution in [-0.4, -0.2) is 15.8 Å². The normalized spacial score (nSPS) is 11.7. The third-order valence-electron chi connectivity index (χ3n) is 5.06. The SMILES string of the molecule is Cc1sc(NC(=O)c2ccco2)c(C(Nc2ccccn2)c2cccc([N+](=O)[O-])c2)c1C. The Kier molecular flexibility index (Phi) is 6.00. The van der Waals surface area contributed by atoms with Gasteiger partial charge in [0, 0.05) is 28.8 Å². The number of aromatic nitrogens is 1. The number of pyridine rings is 1. The molecule has 1 amide bonds. The van der Waals surface area contributed by atoms with Gasteiger partial charge in [-0.1, -0.05) is 18.2 Å². The van der Waals surface area contributed by atoms with Crippen LogP contribution in [0.4, 0.5) is 16.5 Å². The summed E-state index contributed by atoms with van der Waals surface area (Å²) >= 11 is 1.44. The summed E-state index contributed by atoms with van der Waals surface area (Å²) in [5.41, 5.74) is 2.46. The molecule has 162 valence electrons. The van der Waals surface area contributed by atoms with Gasteiger partial charge in [0.15, 0.2) is 5.76 Å². The number of non-ortho nitro benzene ring substituents is 1. The number of amides is 1. The molecule has 0 saturated carbocycles. The highest BCUT2D eigenvalue weighted by molar-refractivity contribution is 7.16. The zero-order valence-electron chi connectivity index (χ0n) is 17.4. The van der Waals surface area contributed by atoms with Crippen molar-refractivity contribution in [1.82, 2.24) is 4.98 Å². The van der Waals surface area contributed by atoms with Crippen LogP contribution in [0.1, 0.15) is 38.2 Å². The third kappa shape index (κ3) is 4.37. The van der Waals surface area contributed by atoms with Gasteiger partial charge in [-0.3, -0.25) is 14.9 Å². The molecule has 0 saturated heterocycles. The molecule has 9 heteroatoms. The summed E-state index contributed by atoms with van der Waals surface area (Å²) in [5.74, 6) is 0.438. The molecule has 1 aromatic carbocycles. The number of carbonyl (C=O) groups excluding carboxylic acids is 1. The van der Waals surface area contributed by atoms with Crippen LogP contribution >= 0.6 is 11.3 Å². The second kappa shape index (κ2) is 9.03. The number of rotatable bonds is 7. The average molecular weight is 449 g/mol. The Balaban J connectivity index is 1.81. The minimum absolute atomic E-state index is 0.0129. The molecule has 0 aliphatic heterocycles. The molecule has 0 radical (unpaired) electrons. The Hall–Kier alpha value is -3.98. The zero-order chi connectivity index (χ0) is 22.7. The highest BCUT2D eigenvalue weighted by Gasteiger charge is 2.26. The summed E-state index contributed by atoms with van der Waals surface area (Å²) in [6, 6.07) is 14.7. The first kappa shape index (κ1) is 21.3. The van der Waals surface area contributed by atoms with Gasteiger partial charge in [-0.05, 0) is 49.2 Å². The number of anilines is 2. The summed E-state index contributed by atoms with van der Waals surface area (Å²) in [6.07, 6.45) is 3.10. The second-order valence-electron chi connectivity index (χ2n) is 7.10. The molecular weight excluding hydrogens is 428 g/mol. The van der Waals surface area contributed by atoms with Crippen molar-refractivity contribution in [2.45, 2.75) is 19.9 Å². The number of nitro benzene ring substituents is 1. The van der Waals surface area contributed by atoms with Crippen LogP contribution in [0.5, 0.6) is 0 Å². The fourth-order valence-corrected chi connectivity index (χ4v) is 4.49. The van der Waals surface area contributed by atoms with E-state index in [0.29, 0.717) is 16.4 Å². The molecule has 0 aliphatic rings. The lowest BCUT2D eigenvalue weighted by molar-refractivity contribution is -0.384. The Morgan fingerprint density at radius 2 is 2.00 bits per heavy atom. The second-order valence-corrected chi connectivity index (χ2v) is 8.33. The molecule has 1 atom stereocenters. The summed E-state index contributed by atoms with van der Waals surface area (Å²) in [7, 11) is 0. The number of benzene rings is 1. The lowest BCUT2D eigenvalue weighted by Crippen LogP contribution is -2.17. The number of carbonyl (C=O) groups is 1. The molecule has 4 rings (SSSR count). The maximum atomic E-state index is 12.7. The van der Waals surface area contributed by atoms with E-state index >= 15 is 0 Å². The fourth-order valence-electron chi connectivity index (χ4n) is 3.39. The van der Waals surface area contributed by atoms with Crippen LogP contribution in [0.2, 0.25) is 0 Å². The van der Waals surface area contributed by atoms with Crippen molar-refractivity contribution >= 4 is 33.8 Å². The molecule has 3 heterocycles. The van der Waals surface area contributed by atoms with E-state index in [1.54, 1.807) is 24.4 Å². The first-order valence-corrected chi connectivity index (χ1v) is 10.6. The molecule has 0 spiro atoms. The van der Waals surface area contributed by atoms with Crippen molar-refractivity contribution in [2.24, 2.45) is 0 Å². The Morgan fingerprint density at radius 3 is 2.69 bits per heavy atom. The summed E-state index contributed by atoms with van der Waals surface area (Å²) in [5, 5.41) is 18.4. The largest absolute Gasteiger partial charge is 0.459 e. The molecule has 0 fully saturated rings. The Labute approximate surface area is 188 Å². The smallest absolute Gasteiger partial charge is 0.291 e. The van der Waals surface area contributed by atoms with E-state index in [1.807, 2.05) is 38.1 Å². The molecular formula is C23H20N4O4S. The minimum Gasteiger partial charge on any atom is -0.459 e. The maximum absolute atomic E-state index is 12.7. The maximum Gasteiger partial charge on any atom is 0.291 e. The monoisotopic (exact) mass is 448 g/mol. The van der Waals surface area contributed by atoms with E-state index in [4.69, 9.17) is 4.42 Å². The van der Waals surface area contributed by atoms with Crippen LogP contribution < -0.4 is 10.6 Å². The van der Waals surface area contributed by atoms with Crippen LogP contribution in [0.15, 0.2) is 71.5 Å². The average Bonchev–Trinajstić information content (AvgIpc) is 3.42. The van der Waals surface area contributed by atoms with Gasteiger partial charge in [-0.15, -0.1) is 11.3 Å². The lowest BCUT2D eigenvalue weighted by atomic mass is 9.96. The molecule has 2 N–H and O–H groups in total. The molecule has 4 aromatic rings. The van der Waals surface area contributed by atoms with Crippen molar-refractivity contribution in [3.05, 3.63) is 104 Å². The number of hydrogen-bond acceptors (Lipinski definition) is 7. The van der Waals surface area contributed by atoms with Gasteiger partial charge >= 0.3 is 0 Å². The lowest BCUT2D eigenvalue weighted by Gasteiger charge is -2.22. The van der Waals surface area contributed by atoms with Gasteiger partial charge in [-0.25, -0.2) is 4.98 Å². The number of furan rings is 1. The summed E-state index contributed by atoms with van der Waals surface area (Å²) < 4.78 is 5.22. The summed E-state index contributed by atoms with van der Waals surface area (Å²) in [6.45, 7) is 3.94. The van der Waals surface area contributed by atoms with Gasteiger partial charge in [0.1, 0.15) is 10.8 Å². The molecule has 1 unspecified atom stereocenters. The van der Waals surface area contributed by atoms with Crippen LogP contribution in [0.25, 0.3) is 0 Å². The van der Waals surface area contributed by atoms with Gasteiger partial charge in [-0.2, -0.15) is 0 Å². The van der Waals surface area contributed by atoms with Crippen molar-refractivity contribution in [3.63, 3.8) is 0 Å². The first-order valence-electron chi connectivity index (χ1n) is 9.80. The predicted octanol–water partition coefficient (Wildman–Crippen LogP) is 5.71. The summed E-state index contributed by atoms with van der Waals surface area (Å²) in [4.78, 5) is 29.0. The Morgan fingerprint density at radius 1 is 1.16 bits per heavy atom. The number of nitrogens with one attached hydrogen (secondary N) is 2. The van der Waals surface area contributed by atoms with E-state index in [2.05, 4.69) is 15.6 Å². The zero-order valence-corrected chi connectivity index (χ0v) is 18.2. The highest BCUT2D eigenvalue weighted by Crippen LogP contribution is 2.41. The standard InChI is InChI=1S/C23H20N4O4S/c1-14-15(2)32-23(26-22(28)18-9-6-12-31-18)20(14)21(25-19-10-3-4-11-24-19)16-7-5-8-17(13-16)27(29)30/h3-13,21H,1-2H3,(H,24,25)(H,26,28). The van der Waals surface area contributed by atoms with Gasteiger partial charge in [0.05, 0.1) is 17.2 Å². The fraction of sp³-hybridized carbons (Fsp3) is 0.130. The topological polar surface area (TPSA) is 110 Å². The van der Waals surface area contributed by atoms with Crippen LogP contribution in [0, 0.1) is 24.0 Å². The van der Waals surface area contributed by atoms with E-state index in [9.17, 15) is 14.9 Å². The van der Waals surface area contributed by atoms with Crippen LogP contribution in [-0.2, 0) is 0 Å². The molecule has 8 nitrogen and oxygen atoms in total. The van der Waals surface area contributed by atoms with Crippen molar-refractivity contribution in [3.8, 4) is 0 Å². The number of aryl methyl sites for hydroxylation is 1. The van der Waals surface area contributed by atoms with Crippen molar-refractivity contribution in [2.75, 3.05) is 10.6 Å². The predicted molar refractivity (Wildman–Crippen MR) is 123 cm³/mol. The van der Waals surface area contributed by atoms with E-state index in [1.165, 1.54) is 29.7 Å². The molecule has 32 heavy (non-hydrogen) atoms. The molecule has 0 bridgehead atoms. The van der Waals surface area contributed by atoms with Gasteiger partial charge < -0.3 is 15.1 Å². The van der Waals surface area contributed by atoms with E-state index < -0.39 is 11.0 Å². The van der Waals surface area contributed by atoms with E-state index in [-0.39, 0.29) is 17.4 Å². The molecule has 3 aromatic heterocycles. The van der Waals surface area contributed by atoms with Crippen molar-refractivity contribution in [1.29, 1.82) is 0 Å². The van der Waals surface area contributed by atoms with Gasteiger partial charge in [0.25, 0.3) is 11.6 Å². The first-order chi connectivity index (χ1) is 15.4. The number of thiophene rings is 1. The number of nitrogens with zero attached hydrogens (tertiary/aromatic N) is 2. The Bertz CT molecular complexity index is 1250. The molecule has 0 aliphatic carbocycles. The van der Waals surface area contributed by atoms with Crippen molar-refractivity contribution < 1.29 is 14.1 Å². The minimum atomic E-state index is -0.485. The number of hydrogen-bond donors (Lipinski definition) is 2. The third-order valence-corrected chi connectivity index (χ3v) is 6.20.